The average Bonchev–Trinajstić information content (AvgIpc) is 2.86. The molecule has 5 N–H and O–H groups in total. The van der Waals surface area contributed by atoms with Gasteiger partial charge in [-0.05, 0) is 24.3 Å². The smallest absolute Gasteiger partial charge is 0.244 e. The summed E-state index contributed by atoms with van der Waals surface area (Å²) in [6.07, 6.45) is 0. The summed E-state index contributed by atoms with van der Waals surface area (Å²) in [6, 6.07) is 7.26. The van der Waals surface area contributed by atoms with E-state index in [1.54, 1.807) is 19.2 Å². The first-order valence-electron chi connectivity index (χ1n) is 5.63. The van der Waals surface area contributed by atoms with Gasteiger partial charge in [0.2, 0.25) is 11.1 Å². The number of hydrazine groups is 1. The van der Waals surface area contributed by atoms with E-state index in [-0.39, 0.29) is 11.7 Å². The van der Waals surface area contributed by atoms with Gasteiger partial charge in [0.1, 0.15) is 5.75 Å². The highest BCUT2D eigenvalue weighted by Crippen LogP contribution is 2.23. The molecule has 8 nitrogen and oxygen atoms in total. The molecule has 0 atom stereocenters. The number of carbonyl (C=O) groups is 1. The topological polar surface area (TPSA) is 121 Å². The largest absolute Gasteiger partial charge is 0.497 e. The van der Waals surface area contributed by atoms with E-state index < -0.39 is 0 Å². The van der Waals surface area contributed by atoms with E-state index in [4.69, 9.17) is 16.4 Å². The molecule has 20 heavy (non-hydrogen) atoms. The zero-order valence-electron chi connectivity index (χ0n) is 10.7. The molecule has 0 saturated heterocycles. The lowest BCUT2D eigenvalue weighted by Gasteiger charge is -2.04. The van der Waals surface area contributed by atoms with Crippen LogP contribution in [0.2, 0.25) is 0 Å². The number of rotatable bonds is 5. The molecule has 0 fully saturated rings. The second kappa shape index (κ2) is 6.26. The van der Waals surface area contributed by atoms with Crippen molar-refractivity contribution in [2.75, 3.05) is 18.7 Å². The summed E-state index contributed by atoms with van der Waals surface area (Å²) in [5, 5.41) is 8.38. The zero-order chi connectivity index (χ0) is 14.5. The molecule has 106 valence electrons. The third kappa shape index (κ3) is 3.00. The number of ether oxygens (including phenoxy) is 1. The fraction of sp³-hybridized carbons (Fsp3) is 0.182. The van der Waals surface area contributed by atoms with Gasteiger partial charge in [0, 0.05) is 5.56 Å². The van der Waals surface area contributed by atoms with Crippen molar-refractivity contribution in [3.05, 3.63) is 24.3 Å². The number of amides is 1. The molecule has 1 heterocycles. The Balaban J connectivity index is 2.16. The monoisotopic (exact) mass is 294 g/mol. The zero-order valence-corrected chi connectivity index (χ0v) is 11.6. The van der Waals surface area contributed by atoms with Crippen molar-refractivity contribution >= 4 is 17.7 Å². The first-order valence-corrected chi connectivity index (χ1v) is 6.61. The standard InChI is InChI=1S/C11H14N6O2S/c1-19-8-4-2-7(3-5-8)10-15-16-11(17(10)13)20-6-9(18)14-12/h2-5H,6,12-13H2,1H3,(H,14,18). The second-order valence-corrected chi connectivity index (χ2v) is 4.70. The minimum atomic E-state index is -0.316. The van der Waals surface area contributed by atoms with Crippen LogP contribution in [0.15, 0.2) is 29.4 Å². The Kier molecular flexibility index (Phi) is 4.43. The minimum absolute atomic E-state index is 0.119. The number of thioether (sulfide) groups is 1. The van der Waals surface area contributed by atoms with Crippen LogP contribution in [0.1, 0.15) is 0 Å². The summed E-state index contributed by atoms with van der Waals surface area (Å²) in [7, 11) is 1.59. The van der Waals surface area contributed by atoms with E-state index in [1.807, 2.05) is 17.6 Å². The van der Waals surface area contributed by atoms with E-state index in [2.05, 4.69) is 10.2 Å². The van der Waals surface area contributed by atoms with Gasteiger partial charge < -0.3 is 10.6 Å². The van der Waals surface area contributed by atoms with Gasteiger partial charge in [-0.1, -0.05) is 11.8 Å². The van der Waals surface area contributed by atoms with Gasteiger partial charge in [0.15, 0.2) is 5.82 Å². The molecule has 1 aromatic carbocycles. The fourth-order valence-corrected chi connectivity index (χ4v) is 2.15. The Bertz CT molecular complexity index is 597. The van der Waals surface area contributed by atoms with Gasteiger partial charge in [-0.3, -0.25) is 10.2 Å². The van der Waals surface area contributed by atoms with Gasteiger partial charge >= 0.3 is 0 Å². The lowest BCUT2D eigenvalue weighted by atomic mass is 10.2. The van der Waals surface area contributed by atoms with Gasteiger partial charge in [-0.2, -0.15) is 0 Å². The van der Waals surface area contributed by atoms with Crippen LogP contribution >= 0.6 is 11.8 Å². The summed E-state index contributed by atoms with van der Waals surface area (Å²) in [6.45, 7) is 0. The number of benzene rings is 1. The number of carbonyl (C=O) groups excluding carboxylic acids is 1. The van der Waals surface area contributed by atoms with Crippen molar-refractivity contribution in [2.45, 2.75) is 5.16 Å². The molecule has 0 unspecified atom stereocenters. The molecule has 0 aliphatic carbocycles. The number of aromatic nitrogens is 3. The van der Waals surface area contributed by atoms with Gasteiger partial charge in [-0.15, -0.1) is 10.2 Å². The molecule has 0 radical (unpaired) electrons. The summed E-state index contributed by atoms with van der Waals surface area (Å²) in [5.74, 6) is 12.0. The summed E-state index contributed by atoms with van der Waals surface area (Å²) < 4.78 is 6.41. The van der Waals surface area contributed by atoms with Crippen molar-refractivity contribution in [3.8, 4) is 17.1 Å². The van der Waals surface area contributed by atoms with Crippen molar-refractivity contribution in [1.82, 2.24) is 20.3 Å². The molecule has 0 spiro atoms. The molecular formula is C11H14N6O2S. The number of nitrogens with two attached hydrogens (primary N) is 2. The molecule has 2 rings (SSSR count). The van der Waals surface area contributed by atoms with Crippen LogP contribution in [0.4, 0.5) is 0 Å². The van der Waals surface area contributed by atoms with Crippen molar-refractivity contribution < 1.29 is 9.53 Å². The lowest BCUT2D eigenvalue weighted by Crippen LogP contribution is -2.31. The van der Waals surface area contributed by atoms with Crippen molar-refractivity contribution in [2.24, 2.45) is 5.84 Å². The first kappa shape index (κ1) is 14.2. The molecule has 0 aliphatic heterocycles. The summed E-state index contributed by atoms with van der Waals surface area (Å²) in [5.41, 5.74) is 2.84. The fourth-order valence-electron chi connectivity index (χ4n) is 1.48. The maximum Gasteiger partial charge on any atom is 0.244 e. The highest BCUT2D eigenvalue weighted by molar-refractivity contribution is 7.99. The maximum atomic E-state index is 11.1. The van der Waals surface area contributed by atoms with Crippen LogP contribution in [0.3, 0.4) is 0 Å². The molecule has 1 aromatic heterocycles. The quantitative estimate of drug-likeness (QED) is 0.301. The number of nitrogens with one attached hydrogen (secondary N) is 1. The second-order valence-electron chi connectivity index (χ2n) is 3.76. The van der Waals surface area contributed by atoms with Gasteiger partial charge in [0.25, 0.3) is 0 Å². The first-order chi connectivity index (χ1) is 9.65. The molecule has 0 saturated carbocycles. The predicted molar refractivity (Wildman–Crippen MR) is 75.2 cm³/mol. The number of hydrogen-bond acceptors (Lipinski definition) is 7. The Morgan fingerprint density at radius 1 is 1.40 bits per heavy atom. The van der Waals surface area contributed by atoms with E-state index in [0.717, 1.165) is 23.1 Å². The lowest BCUT2D eigenvalue weighted by molar-refractivity contribution is -0.118. The van der Waals surface area contributed by atoms with E-state index in [0.29, 0.717) is 11.0 Å². The molecule has 9 heteroatoms. The Morgan fingerprint density at radius 2 is 2.10 bits per heavy atom. The highest BCUT2D eigenvalue weighted by Gasteiger charge is 2.13. The van der Waals surface area contributed by atoms with E-state index in [1.165, 1.54) is 4.68 Å². The van der Waals surface area contributed by atoms with Crippen LogP contribution < -0.4 is 21.8 Å². The van der Waals surface area contributed by atoms with Crippen molar-refractivity contribution in [1.29, 1.82) is 0 Å². The number of nitrogen functional groups attached to an aromatic ring is 1. The number of nitrogens with zero attached hydrogens (tertiary/aromatic N) is 3. The Labute approximate surface area is 119 Å². The molecule has 2 aromatic rings. The summed E-state index contributed by atoms with van der Waals surface area (Å²) >= 11 is 1.15. The van der Waals surface area contributed by atoms with Crippen LogP contribution in [-0.2, 0) is 4.79 Å². The highest BCUT2D eigenvalue weighted by atomic mass is 32.2. The predicted octanol–water partition coefficient (Wildman–Crippen LogP) is -0.250. The van der Waals surface area contributed by atoms with Crippen LogP contribution in [0, 0.1) is 0 Å². The SMILES string of the molecule is COc1ccc(-c2nnc(SCC(=O)NN)n2N)cc1. The van der Waals surface area contributed by atoms with Crippen LogP contribution in [0.5, 0.6) is 5.75 Å². The Hall–Kier alpha value is -2.26. The molecular weight excluding hydrogens is 280 g/mol. The maximum absolute atomic E-state index is 11.1. The van der Waals surface area contributed by atoms with E-state index >= 15 is 0 Å². The van der Waals surface area contributed by atoms with Crippen LogP contribution in [0.25, 0.3) is 11.4 Å². The summed E-state index contributed by atoms with van der Waals surface area (Å²) in [4.78, 5) is 11.1. The van der Waals surface area contributed by atoms with E-state index in [9.17, 15) is 4.79 Å². The van der Waals surface area contributed by atoms with Crippen molar-refractivity contribution in [3.63, 3.8) is 0 Å². The number of hydrogen-bond donors (Lipinski definition) is 3. The Morgan fingerprint density at radius 3 is 2.70 bits per heavy atom. The van der Waals surface area contributed by atoms with Gasteiger partial charge in [-0.25, -0.2) is 10.5 Å². The van der Waals surface area contributed by atoms with Crippen LogP contribution in [-0.4, -0.2) is 33.6 Å². The van der Waals surface area contributed by atoms with Gasteiger partial charge in [0.05, 0.1) is 12.9 Å². The molecule has 0 aliphatic rings. The minimum Gasteiger partial charge on any atom is -0.497 e. The number of methoxy groups -OCH3 is 1. The molecule has 1 amide bonds. The third-order valence-corrected chi connectivity index (χ3v) is 3.45. The molecule has 0 bridgehead atoms. The normalized spacial score (nSPS) is 10.3. The third-order valence-electron chi connectivity index (χ3n) is 2.51. The average molecular weight is 294 g/mol.